The van der Waals surface area contributed by atoms with Crippen molar-refractivity contribution < 1.29 is 7.87 Å². The summed E-state index contributed by atoms with van der Waals surface area (Å²) < 4.78 is 10.2. The van der Waals surface area contributed by atoms with Crippen LogP contribution in [0.5, 0.6) is 0 Å². The molecule has 0 saturated heterocycles. The summed E-state index contributed by atoms with van der Waals surface area (Å²) in [7, 11) is 0. The van der Waals surface area contributed by atoms with Gasteiger partial charge in [-0.25, -0.2) is 0 Å². The quantitative estimate of drug-likeness (QED) is 0.0757. The average Bonchev–Trinajstić information content (AvgIpc) is 2.99. The van der Waals surface area contributed by atoms with Crippen molar-refractivity contribution >= 4 is 35.5 Å². The van der Waals surface area contributed by atoms with E-state index in [4.69, 9.17) is 3.07 Å². The van der Waals surface area contributed by atoms with Gasteiger partial charge < -0.3 is 0 Å². The van der Waals surface area contributed by atoms with Gasteiger partial charge in [0, 0.05) is 0 Å². The topological polar surface area (TPSA) is 26.3 Å². The van der Waals surface area contributed by atoms with Gasteiger partial charge >= 0.3 is 198 Å². The molecule has 0 saturated carbocycles. The summed E-state index contributed by atoms with van der Waals surface area (Å²) in [6.45, 7) is 2.27. The number of hydrogen-bond acceptors (Lipinski definition) is 2. The van der Waals surface area contributed by atoms with Crippen LogP contribution in [0.3, 0.4) is 0 Å². The molecular weight excluding hydrogens is 583 g/mol. The van der Waals surface area contributed by atoms with Crippen molar-refractivity contribution in [1.82, 2.24) is 0 Å². The Labute approximate surface area is 242 Å². The van der Waals surface area contributed by atoms with Crippen LogP contribution in [0, 0.1) is 0 Å². The Morgan fingerprint density at radius 3 is 1.38 bits per heavy atom. The number of carbonyl (C=O) groups is 1. The van der Waals surface area contributed by atoms with Crippen LogP contribution in [0.4, 0.5) is 0 Å². The third-order valence-corrected chi connectivity index (χ3v) is 18.8. The molecule has 0 N–H and O–H groups in total. The van der Waals surface area contributed by atoms with Crippen molar-refractivity contribution in [1.29, 1.82) is 0 Å². The van der Waals surface area contributed by atoms with E-state index in [1.165, 1.54) is 81.4 Å². The first-order valence-electron chi connectivity index (χ1n) is 15.3. The van der Waals surface area contributed by atoms with Crippen LogP contribution >= 0.6 is 0 Å². The maximum absolute atomic E-state index is 13.3. The fourth-order valence-electron chi connectivity index (χ4n) is 5.26. The Morgan fingerprint density at radius 1 is 0.564 bits per heavy atom. The molecule has 0 amide bonds. The van der Waals surface area contributed by atoms with E-state index in [2.05, 4.69) is 91.9 Å². The van der Waals surface area contributed by atoms with Gasteiger partial charge in [-0.2, -0.15) is 0 Å². The zero-order chi connectivity index (χ0) is 27.4. The molecule has 0 atom stereocenters. The van der Waals surface area contributed by atoms with E-state index < -0.39 is 18.8 Å². The maximum atomic E-state index is 13.3. The molecule has 3 aromatic rings. The van der Waals surface area contributed by atoms with Gasteiger partial charge in [0.15, 0.2) is 0 Å². The second-order valence-electron chi connectivity index (χ2n) is 10.6. The summed E-state index contributed by atoms with van der Waals surface area (Å²) >= 11 is -3.97. The molecule has 39 heavy (non-hydrogen) atoms. The SMILES string of the molecule is CCCCCCCC/C=C\CCCCCCCC(=O)[O][Sn]([c]1ccccc1)([c]1ccccc1)[c]1ccccc1. The summed E-state index contributed by atoms with van der Waals surface area (Å²) in [6.07, 6.45) is 21.5. The van der Waals surface area contributed by atoms with Gasteiger partial charge in [-0.3, -0.25) is 0 Å². The number of benzene rings is 3. The van der Waals surface area contributed by atoms with Crippen molar-refractivity contribution in [2.75, 3.05) is 0 Å². The summed E-state index contributed by atoms with van der Waals surface area (Å²) in [4.78, 5) is 13.3. The monoisotopic (exact) mass is 632 g/mol. The van der Waals surface area contributed by atoms with E-state index in [0.717, 1.165) is 12.8 Å². The van der Waals surface area contributed by atoms with Crippen LogP contribution in [0.2, 0.25) is 0 Å². The van der Waals surface area contributed by atoms with Crippen molar-refractivity contribution in [3.05, 3.63) is 103 Å². The molecule has 0 unspecified atom stereocenters. The zero-order valence-corrected chi connectivity index (χ0v) is 26.9. The zero-order valence-electron chi connectivity index (χ0n) is 24.0. The molecule has 0 aliphatic heterocycles. The number of allylic oxidation sites excluding steroid dienone is 2. The van der Waals surface area contributed by atoms with Crippen LogP contribution in [0.25, 0.3) is 0 Å². The fourth-order valence-corrected chi connectivity index (χ4v) is 16.1. The number of rotatable bonds is 19. The summed E-state index contributed by atoms with van der Waals surface area (Å²) in [5.74, 6) is -0.0556. The van der Waals surface area contributed by atoms with E-state index >= 15 is 0 Å². The van der Waals surface area contributed by atoms with Crippen molar-refractivity contribution in [2.45, 2.75) is 96.8 Å². The van der Waals surface area contributed by atoms with E-state index in [1.807, 2.05) is 18.2 Å². The first-order valence-corrected chi connectivity index (χ1v) is 20.8. The second kappa shape index (κ2) is 18.9. The summed E-state index contributed by atoms with van der Waals surface area (Å²) in [5, 5.41) is 0. The summed E-state index contributed by atoms with van der Waals surface area (Å²) in [6, 6.07) is 31.3. The number of unbranched alkanes of at least 4 members (excludes halogenated alkanes) is 11. The minimum atomic E-state index is -3.97. The van der Waals surface area contributed by atoms with Crippen molar-refractivity contribution in [3.63, 3.8) is 0 Å². The molecule has 0 heterocycles. The Morgan fingerprint density at radius 2 is 0.949 bits per heavy atom. The number of carbonyl (C=O) groups excluding carboxylic acids is 1. The van der Waals surface area contributed by atoms with Gasteiger partial charge in [0.1, 0.15) is 0 Å². The van der Waals surface area contributed by atoms with E-state index in [9.17, 15) is 4.79 Å². The first kappa shape index (κ1) is 31.2. The third-order valence-electron chi connectivity index (χ3n) is 7.45. The van der Waals surface area contributed by atoms with Crippen LogP contribution in [-0.4, -0.2) is 24.8 Å². The van der Waals surface area contributed by atoms with Gasteiger partial charge in [0.05, 0.1) is 0 Å². The predicted octanol–water partition coefficient (Wildman–Crippen LogP) is 8.23. The van der Waals surface area contributed by atoms with Crippen LogP contribution in [0.15, 0.2) is 103 Å². The molecule has 3 rings (SSSR count). The molecule has 2 nitrogen and oxygen atoms in total. The van der Waals surface area contributed by atoms with Crippen LogP contribution in [-0.2, 0) is 7.87 Å². The molecule has 0 radical (unpaired) electrons. The molecule has 0 fully saturated rings. The first-order chi connectivity index (χ1) is 19.3. The van der Waals surface area contributed by atoms with Crippen molar-refractivity contribution in [2.24, 2.45) is 0 Å². The fraction of sp³-hybridized carbons (Fsp3) is 0.417. The van der Waals surface area contributed by atoms with Crippen molar-refractivity contribution in [3.8, 4) is 0 Å². The van der Waals surface area contributed by atoms with Crippen LogP contribution in [0.1, 0.15) is 96.8 Å². The third kappa shape index (κ3) is 10.6. The second-order valence-corrected chi connectivity index (χ2v) is 20.0. The van der Waals surface area contributed by atoms with Gasteiger partial charge in [-0.15, -0.1) is 0 Å². The van der Waals surface area contributed by atoms with Gasteiger partial charge in [-0.1, -0.05) is 39.0 Å². The Hall–Kier alpha value is -2.33. The molecule has 0 spiro atoms. The van der Waals surface area contributed by atoms with Gasteiger partial charge in [0.25, 0.3) is 0 Å². The standard InChI is InChI=1S/C18H34O2.3C6H5.Sn/c1-2-3-4-5-6-7-8-9-10-11-12-13-14-15-16-17-18(19)20;3*1-2-4-6-5-3-1;/h9-10H,2-8,11-17H2,1H3,(H,19,20);3*1-5H;/q;;;;+1/p-1/b10-9-;;;;. The Bertz CT molecular complexity index is 966. The predicted molar refractivity (Wildman–Crippen MR) is 170 cm³/mol. The molecule has 0 bridgehead atoms. The molecule has 3 aromatic carbocycles. The van der Waals surface area contributed by atoms with E-state index in [1.54, 1.807) is 0 Å². The van der Waals surface area contributed by atoms with Gasteiger partial charge in [0.2, 0.25) is 0 Å². The molecule has 3 heteroatoms. The molecule has 0 aliphatic carbocycles. The molecule has 0 aromatic heterocycles. The molecule has 208 valence electrons. The minimum absolute atomic E-state index is 0.0556. The number of hydrogen-bond donors (Lipinski definition) is 0. The molecular formula is C36H48O2Sn. The van der Waals surface area contributed by atoms with E-state index in [-0.39, 0.29) is 5.97 Å². The Balaban J connectivity index is 1.46. The molecule has 0 aliphatic rings. The van der Waals surface area contributed by atoms with E-state index in [0.29, 0.717) is 6.42 Å². The van der Waals surface area contributed by atoms with Gasteiger partial charge in [-0.05, 0) is 6.42 Å². The van der Waals surface area contributed by atoms with Crippen LogP contribution < -0.4 is 10.7 Å². The average molecular weight is 631 g/mol. The Kier molecular flexibility index (Phi) is 15.1. The summed E-state index contributed by atoms with van der Waals surface area (Å²) in [5.41, 5.74) is 0. The normalized spacial score (nSPS) is 11.6.